The van der Waals surface area contributed by atoms with Crippen LogP contribution >= 0.6 is 15.9 Å². The van der Waals surface area contributed by atoms with Gasteiger partial charge in [0.05, 0.1) is 16.5 Å². The first kappa shape index (κ1) is 23.5. The van der Waals surface area contributed by atoms with Crippen molar-refractivity contribution in [1.82, 2.24) is 10.6 Å². The third kappa shape index (κ3) is 5.73. The molecule has 0 saturated heterocycles. The molecule has 2 N–H and O–H groups in total. The molecule has 168 valence electrons. The van der Waals surface area contributed by atoms with E-state index in [1.165, 1.54) is 31.4 Å². The maximum Gasteiger partial charge on any atom is 0.269 e. The molecule has 9 heteroatoms. The van der Waals surface area contributed by atoms with Crippen LogP contribution in [0.5, 0.6) is 5.75 Å². The van der Waals surface area contributed by atoms with E-state index in [-0.39, 0.29) is 23.0 Å². The number of nitro benzene ring substituents is 1. The highest BCUT2D eigenvalue weighted by atomic mass is 79.9. The summed E-state index contributed by atoms with van der Waals surface area (Å²) in [6, 6.07) is 12.4. The first-order valence-corrected chi connectivity index (χ1v) is 11.1. The number of carbonyl (C=O) groups is 2. The van der Waals surface area contributed by atoms with Gasteiger partial charge in [0.2, 0.25) is 0 Å². The number of nitrogens with one attached hydrogen (secondary N) is 2. The summed E-state index contributed by atoms with van der Waals surface area (Å²) in [6.45, 7) is 0. The standard InChI is InChI=1S/C23H24BrN3O5/c1-32-19-10-6-5-9-18(19)20(24)21(23(29)25-16-7-3-2-4-8-16)26-22(28)15-11-13-17(14-12-15)27(30)31/h5-6,9-14,16H,2-4,7-8H2,1H3,(H,25,29)(H,26,28). The zero-order valence-corrected chi connectivity index (χ0v) is 19.2. The number of amides is 2. The lowest BCUT2D eigenvalue weighted by atomic mass is 9.95. The van der Waals surface area contributed by atoms with E-state index < -0.39 is 16.7 Å². The lowest BCUT2D eigenvalue weighted by Gasteiger charge is -2.24. The molecule has 0 radical (unpaired) electrons. The number of rotatable bonds is 7. The highest BCUT2D eigenvalue weighted by Crippen LogP contribution is 2.32. The molecule has 1 fully saturated rings. The van der Waals surface area contributed by atoms with E-state index in [0.717, 1.165) is 32.1 Å². The number of carbonyl (C=O) groups excluding carboxylic acids is 2. The molecule has 0 aromatic heterocycles. The summed E-state index contributed by atoms with van der Waals surface area (Å²) in [7, 11) is 1.52. The van der Waals surface area contributed by atoms with Crippen LogP contribution in [0.15, 0.2) is 54.2 Å². The van der Waals surface area contributed by atoms with Crippen molar-refractivity contribution < 1.29 is 19.2 Å². The number of nitrogens with zero attached hydrogens (tertiary/aromatic N) is 1. The zero-order valence-electron chi connectivity index (χ0n) is 17.6. The summed E-state index contributed by atoms with van der Waals surface area (Å²) in [4.78, 5) is 36.4. The van der Waals surface area contributed by atoms with Gasteiger partial charge in [0.25, 0.3) is 17.5 Å². The monoisotopic (exact) mass is 501 g/mol. The van der Waals surface area contributed by atoms with Gasteiger partial charge in [-0.15, -0.1) is 0 Å². The minimum absolute atomic E-state index is 0.0421. The lowest BCUT2D eigenvalue weighted by Crippen LogP contribution is -2.41. The molecule has 0 spiro atoms. The fourth-order valence-corrected chi connectivity index (χ4v) is 4.20. The smallest absolute Gasteiger partial charge is 0.269 e. The average Bonchev–Trinajstić information content (AvgIpc) is 2.82. The largest absolute Gasteiger partial charge is 0.496 e. The van der Waals surface area contributed by atoms with Gasteiger partial charge in [0, 0.05) is 29.3 Å². The van der Waals surface area contributed by atoms with Crippen molar-refractivity contribution in [3.63, 3.8) is 0 Å². The number of hydrogen-bond donors (Lipinski definition) is 2. The van der Waals surface area contributed by atoms with Gasteiger partial charge in [0.1, 0.15) is 11.4 Å². The molecule has 2 aromatic carbocycles. The van der Waals surface area contributed by atoms with Gasteiger partial charge in [-0.25, -0.2) is 0 Å². The Morgan fingerprint density at radius 2 is 1.72 bits per heavy atom. The summed E-state index contributed by atoms with van der Waals surface area (Å²) in [5, 5.41) is 16.6. The van der Waals surface area contributed by atoms with E-state index in [9.17, 15) is 19.7 Å². The van der Waals surface area contributed by atoms with Crippen LogP contribution in [0.2, 0.25) is 0 Å². The van der Waals surface area contributed by atoms with E-state index in [0.29, 0.717) is 15.8 Å². The van der Waals surface area contributed by atoms with Gasteiger partial charge in [-0.3, -0.25) is 19.7 Å². The predicted molar refractivity (Wildman–Crippen MR) is 124 cm³/mol. The Hall–Kier alpha value is -3.20. The highest BCUT2D eigenvalue weighted by molar-refractivity contribution is 9.15. The average molecular weight is 502 g/mol. The van der Waals surface area contributed by atoms with Gasteiger partial charge >= 0.3 is 0 Å². The second kappa shape index (κ2) is 10.9. The van der Waals surface area contributed by atoms with Crippen molar-refractivity contribution >= 4 is 37.9 Å². The van der Waals surface area contributed by atoms with Gasteiger partial charge < -0.3 is 15.4 Å². The van der Waals surface area contributed by atoms with Crippen molar-refractivity contribution in [3.05, 3.63) is 75.5 Å². The Labute approximate surface area is 194 Å². The maximum atomic E-state index is 13.2. The first-order valence-electron chi connectivity index (χ1n) is 10.3. The van der Waals surface area contributed by atoms with Crippen LogP contribution < -0.4 is 15.4 Å². The number of benzene rings is 2. The Morgan fingerprint density at radius 1 is 1.06 bits per heavy atom. The number of non-ortho nitro benzene ring substituents is 1. The number of halogens is 1. The van der Waals surface area contributed by atoms with Crippen LogP contribution in [0, 0.1) is 10.1 Å². The number of ether oxygens (including phenoxy) is 1. The molecule has 3 rings (SSSR count). The van der Waals surface area contributed by atoms with Gasteiger partial charge in [-0.1, -0.05) is 37.5 Å². The van der Waals surface area contributed by atoms with Crippen LogP contribution in [0.4, 0.5) is 5.69 Å². The molecule has 0 atom stereocenters. The minimum Gasteiger partial charge on any atom is -0.496 e. The molecule has 8 nitrogen and oxygen atoms in total. The van der Waals surface area contributed by atoms with Crippen LogP contribution in [0.3, 0.4) is 0 Å². The van der Waals surface area contributed by atoms with E-state index in [2.05, 4.69) is 26.6 Å². The second-order valence-electron chi connectivity index (χ2n) is 7.46. The Balaban J connectivity index is 1.92. The molecular weight excluding hydrogens is 478 g/mol. The van der Waals surface area contributed by atoms with Gasteiger partial charge in [-0.2, -0.15) is 0 Å². The van der Waals surface area contributed by atoms with Crippen molar-refractivity contribution in [1.29, 1.82) is 0 Å². The van der Waals surface area contributed by atoms with Crippen LogP contribution in [-0.2, 0) is 4.79 Å². The summed E-state index contributed by atoms with van der Waals surface area (Å²) in [5.41, 5.74) is 0.720. The summed E-state index contributed by atoms with van der Waals surface area (Å²) in [6.07, 6.45) is 5.03. The van der Waals surface area contributed by atoms with Crippen molar-refractivity contribution in [2.24, 2.45) is 0 Å². The Morgan fingerprint density at radius 3 is 2.34 bits per heavy atom. The zero-order chi connectivity index (χ0) is 23.1. The third-order valence-corrected chi connectivity index (χ3v) is 6.13. The van der Waals surface area contributed by atoms with Crippen LogP contribution in [0.1, 0.15) is 48.0 Å². The predicted octanol–water partition coefficient (Wildman–Crippen LogP) is 4.55. The van der Waals surface area contributed by atoms with Crippen LogP contribution in [0.25, 0.3) is 4.48 Å². The molecule has 0 aliphatic heterocycles. The molecule has 1 saturated carbocycles. The number of hydrogen-bond acceptors (Lipinski definition) is 5. The highest BCUT2D eigenvalue weighted by Gasteiger charge is 2.24. The molecule has 0 bridgehead atoms. The number of nitro groups is 1. The van der Waals surface area contributed by atoms with Crippen molar-refractivity contribution in [2.75, 3.05) is 7.11 Å². The first-order chi connectivity index (χ1) is 15.4. The number of para-hydroxylation sites is 1. The van der Waals surface area contributed by atoms with Gasteiger partial charge in [0.15, 0.2) is 0 Å². The minimum atomic E-state index is -0.555. The topological polar surface area (TPSA) is 111 Å². The molecule has 1 aliphatic carbocycles. The normalized spacial score (nSPS) is 14.8. The van der Waals surface area contributed by atoms with E-state index in [4.69, 9.17) is 4.74 Å². The second-order valence-corrected chi connectivity index (χ2v) is 8.25. The lowest BCUT2D eigenvalue weighted by molar-refractivity contribution is -0.384. The number of methoxy groups -OCH3 is 1. The van der Waals surface area contributed by atoms with E-state index in [1.807, 2.05) is 0 Å². The summed E-state index contributed by atoms with van der Waals surface area (Å²) >= 11 is 3.48. The van der Waals surface area contributed by atoms with E-state index in [1.54, 1.807) is 24.3 Å². The summed E-state index contributed by atoms with van der Waals surface area (Å²) < 4.78 is 5.77. The van der Waals surface area contributed by atoms with Crippen LogP contribution in [-0.4, -0.2) is 29.9 Å². The summed E-state index contributed by atoms with van der Waals surface area (Å²) in [5.74, 6) is -0.433. The molecule has 32 heavy (non-hydrogen) atoms. The Kier molecular flexibility index (Phi) is 7.99. The SMILES string of the molecule is COc1ccccc1C(Br)=C(NC(=O)c1ccc([N+](=O)[O-])cc1)C(=O)NC1CCCCC1. The Bertz CT molecular complexity index is 1030. The molecule has 1 aliphatic rings. The molecule has 2 amide bonds. The van der Waals surface area contributed by atoms with Crippen molar-refractivity contribution in [3.8, 4) is 5.75 Å². The van der Waals surface area contributed by atoms with E-state index >= 15 is 0 Å². The molecule has 0 unspecified atom stereocenters. The van der Waals surface area contributed by atoms with Gasteiger partial charge in [-0.05, 0) is 47.0 Å². The third-order valence-electron chi connectivity index (χ3n) is 5.31. The molecular formula is C23H24BrN3O5. The van der Waals surface area contributed by atoms with Crippen molar-refractivity contribution in [2.45, 2.75) is 38.1 Å². The molecule has 2 aromatic rings. The fraction of sp³-hybridized carbons (Fsp3) is 0.304. The maximum absolute atomic E-state index is 13.2. The quantitative estimate of drug-likeness (QED) is 0.328. The molecule has 0 heterocycles. The fourth-order valence-electron chi connectivity index (χ4n) is 3.60.